The fourth-order valence-electron chi connectivity index (χ4n) is 2.03. The number of benzene rings is 1. The van der Waals surface area contributed by atoms with Crippen LogP contribution in [0.25, 0.3) is 10.2 Å². The summed E-state index contributed by atoms with van der Waals surface area (Å²) < 4.78 is 23.4. The van der Waals surface area contributed by atoms with E-state index in [1.807, 2.05) is 6.92 Å². The predicted molar refractivity (Wildman–Crippen MR) is 90.5 cm³/mol. The van der Waals surface area contributed by atoms with Crippen molar-refractivity contribution in [3.8, 4) is 0 Å². The largest absolute Gasteiger partial charge is 0.297 e. The first-order valence-electron chi connectivity index (χ1n) is 6.43. The Bertz CT molecular complexity index is 1020. The zero-order valence-electron chi connectivity index (χ0n) is 12.2. The normalized spacial score (nSPS) is 11.8. The molecule has 23 heavy (non-hydrogen) atoms. The van der Waals surface area contributed by atoms with Crippen molar-refractivity contribution in [2.45, 2.75) is 18.7 Å². The van der Waals surface area contributed by atoms with Crippen molar-refractivity contribution in [3.05, 3.63) is 33.8 Å². The van der Waals surface area contributed by atoms with Crippen LogP contribution >= 0.6 is 22.7 Å². The van der Waals surface area contributed by atoms with Crippen molar-refractivity contribution < 1.29 is 13.2 Å². The molecule has 0 atom stereocenters. The topological polar surface area (TPSA) is 115 Å². The van der Waals surface area contributed by atoms with Gasteiger partial charge < -0.3 is 0 Å². The second kappa shape index (κ2) is 5.64. The molecule has 0 saturated heterocycles. The molecule has 0 aliphatic heterocycles. The molecular formula is C13H12N4O3S3. The van der Waals surface area contributed by atoms with Crippen molar-refractivity contribution in [3.63, 3.8) is 0 Å². The summed E-state index contributed by atoms with van der Waals surface area (Å²) in [6, 6.07) is 4.39. The summed E-state index contributed by atoms with van der Waals surface area (Å²) in [5.74, 6) is -0.279. The average molecular weight is 368 g/mol. The number of thiazole rings is 2. The van der Waals surface area contributed by atoms with Crippen molar-refractivity contribution >= 4 is 54.0 Å². The maximum atomic E-state index is 12.3. The zero-order chi connectivity index (χ0) is 16.8. The van der Waals surface area contributed by atoms with Gasteiger partial charge >= 0.3 is 0 Å². The number of carbonyl (C=O) groups is 1. The lowest BCUT2D eigenvalue weighted by atomic mass is 10.3. The number of primary sulfonamides is 1. The van der Waals surface area contributed by atoms with Gasteiger partial charge in [0.15, 0.2) is 5.13 Å². The van der Waals surface area contributed by atoms with Gasteiger partial charge in [0.2, 0.25) is 10.0 Å². The van der Waals surface area contributed by atoms with E-state index in [0.717, 1.165) is 5.01 Å². The highest BCUT2D eigenvalue weighted by atomic mass is 32.2. The number of aromatic nitrogens is 2. The molecule has 1 aromatic carbocycles. The minimum absolute atomic E-state index is 0.0143. The van der Waals surface area contributed by atoms with Crippen molar-refractivity contribution in [2.24, 2.45) is 5.14 Å². The zero-order valence-corrected chi connectivity index (χ0v) is 14.6. The first-order chi connectivity index (χ1) is 10.7. The van der Waals surface area contributed by atoms with Gasteiger partial charge in [-0.1, -0.05) is 11.3 Å². The standard InChI is InChI=1S/C13H12N4O3S3/c1-6-11(21-7(2)15-6)12(18)17-13-16-9-4-3-8(23(14,19)20)5-10(9)22-13/h3-5H,1-2H3,(H2,14,19,20)(H,16,17,18). The van der Waals surface area contributed by atoms with E-state index in [4.69, 9.17) is 5.14 Å². The molecule has 0 spiro atoms. The minimum atomic E-state index is -3.77. The molecule has 3 rings (SSSR count). The molecule has 0 bridgehead atoms. The van der Waals surface area contributed by atoms with Crippen molar-refractivity contribution in [1.29, 1.82) is 0 Å². The number of rotatable bonds is 3. The van der Waals surface area contributed by atoms with Crippen LogP contribution in [0.5, 0.6) is 0 Å². The highest BCUT2D eigenvalue weighted by Gasteiger charge is 2.16. The van der Waals surface area contributed by atoms with Crippen LogP contribution in [0.15, 0.2) is 23.1 Å². The van der Waals surface area contributed by atoms with Gasteiger partial charge in [-0.25, -0.2) is 23.5 Å². The molecule has 2 aromatic heterocycles. The number of hydrogen-bond donors (Lipinski definition) is 2. The lowest BCUT2D eigenvalue weighted by Gasteiger charge is -1.98. The molecule has 2 heterocycles. The summed E-state index contributed by atoms with van der Waals surface area (Å²) in [5.41, 5.74) is 1.26. The van der Waals surface area contributed by atoms with Crippen LogP contribution in [0, 0.1) is 13.8 Å². The van der Waals surface area contributed by atoms with Gasteiger partial charge in [-0.05, 0) is 32.0 Å². The molecule has 1 amide bonds. The fraction of sp³-hybridized carbons (Fsp3) is 0.154. The summed E-state index contributed by atoms with van der Waals surface area (Å²) in [5, 5.41) is 9.03. The van der Waals surface area contributed by atoms with Gasteiger partial charge in [0.05, 0.1) is 25.8 Å². The number of aryl methyl sites for hydroxylation is 2. The number of anilines is 1. The molecule has 0 aliphatic rings. The molecule has 120 valence electrons. The SMILES string of the molecule is Cc1nc(C)c(C(=O)Nc2nc3ccc(S(N)(=O)=O)cc3s2)s1. The lowest BCUT2D eigenvalue weighted by Crippen LogP contribution is -2.11. The third kappa shape index (κ3) is 3.24. The highest BCUT2D eigenvalue weighted by molar-refractivity contribution is 7.89. The molecule has 10 heteroatoms. The second-order valence-electron chi connectivity index (χ2n) is 4.80. The Kier molecular flexibility index (Phi) is 3.92. The van der Waals surface area contributed by atoms with E-state index in [1.54, 1.807) is 13.0 Å². The maximum Gasteiger partial charge on any atom is 0.269 e. The number of nitrogens with one attached hydrogen (secondary N) is 1. The Labute approximate surface area is 140 Å². The number of amides is 1. The van der Waals surface area contributed by atoms with E-state index in [0.29, 0.717) is 25.9 Å². The van der Waals surface area contributed by atoms with Gasteiger partial charge in [-0.2, -0.15) is 0 Å². The molecule has 0 unspecified atom stereocenters. The third-order valence-electron chi connectivity index (χ3n) is 3.02. The van der Waals surface area contributed by atoms with Crippen LogP contribution < -0.4 is 10.5 Å². The Hall–Kier alpha value is -1.88. The summed E-state index contributed by atoms with van der Waals surface area (Å²) in [6.45, 7) is 3.61. The van der Waals surface area contributed by atoms with Gasteiger partial charge in [0, 0.05) is 0 Å². The van der Waals surface area contributed by atoms with Crippen LogP contribution in [0.1, 0.15) is 20.4 Å². The Morgan fingerprint density at radius 2 is 1.96 bits per heavy atom. The third-order valence-corrected chi connectivity index (χ3v) is 5.93. The summed E-state index contributed by atoms with van der Waals surface area (Å²) in [4.78, 5) is 21.3. The fourth-order valence-corrected chi connectivity index (χ4v) is 4.36. The summed E-state index contributed by atoms with van der Waals surface area (Å²) >= 11 is 2.50. The number of hydrogen-bond acceptors (Lipinski definition) is 7. The number of nitrogens with two attached hydrogens (primary N) is 1. The number of sulfonamides is 1. The summed E-state index contributed by atoms with van der Waals surface area (Å²) in [6.07, 6.45) is 0. The smallest absolute Gasteiger partial charge is 0.269 e. The van der Waals surface area contributed by atoms with Gasteiger partial charge in [-0.15, -0.1) is 11.3 Å². The van der Waals surface area contributed by atoms with Gasteiger partial charge in [0.25, 0.3) is 5.91 Å². The molecule has 3 N–H and O–H groups in total. The first kappa shape index (κ1) is 16.0. The van der Waals surface area contributed by atoms with E-state index >= 15 is 0 Å². The van der Waals surface area contributed by atoms with E-state index in [2.05, 4.69) is 15.3 Å². The van der Waals surface area contributed by atoms with E-state index in [9.17, 15) is 13.2 Å². The first-order valence-corrected chi connectivity index (χ1v) is 9.61. The molecule has 7 nitrogen and oxygen atoms in total. The molecule has 0 saturated carbocycles. The predicted octanol–water partition coefficient (Wildman–Crippen LogP) is 2.27. The van der Waals surface area contributed by atoms with Crippen molar-refractivity contribution in [2.75, 3.05) is 5.32 Å². The van der Waals surface area contributed by atoms with Crippen molar-refractivity contribution in [1.82, 2.24) is 9.97 Å². The number of nitrogens with zero attached hydrogens (tertiary/aromatic N) is 2. The Morgan fingerprint density at radius 1 is 1.22 bits per heavy atom. The maximum absolute atomic E-state index is 12.3. The molecule has 0 radical (unpaired) electrons. The Balaban J connectivity index is 1.92. The van der Waals surface area contributed by atoms with E-state index in [1.165, 1.54) is 34.8 Å². The van der Waals surface area contributed by atoms with Crippen LogP contribution in [0.3, 0.4) is 0 Å². The quantitative estimate of drug-likeness (QED) is 0.736. The second-order valence-corrected chi connectivity index (χ2v) is 8.59. The highest BCUT2D eigenvalue weighted by Crippen LogP contribution is 2.29. The summed E-state index contributed by atoms with van der Waals surface area (Å²) in [7, 11) is -3.77. The van der Waals surface area contributed by atoms with Crippen LogP contribution in [-0.2, 0) is 10.0 Å². The van der Waals surface area contributed by atoms with Gasteiger partial charge in [-0.3, -0.25) is 10.1 Å². The molecular weight excluding hydrogens is 356 g/mol. The molecule has 0 fully saturated rings. The van der Waals surface area contributed by atoms with Gasteiger partial charge in [0.1, 0.15) is 4.88 Å². The van der Waals surface area contributed by atoms with E-state index in [-0.39, 0.29) is 10.8 Å². The lowest BCUT2D eigenvalue weighted by molar-refractivity contribution is 0.103. The Morgan fingerprint density at radius 3 is 2.57 bits per heavy atom. The van der Waals surface area contributed by atoms with Crippen LogP contribution in [0.4, 0.5) is 5.13 Å². The average Bonchev–Trinajstić information content (AvgIpc) is 2.98. The molecule has 3 aromatic rings. The number of fused-ring (bicyclic) bond motifs is 1. The minimum Gasteiger partial charge on any atom is -0.297 e. The van der Waals surface area contributed by atoms with Crippen LogP contribution in [-0.4, -0.2) is 24.3 Å². The number of carbonyl (C=O) groups excluding carboxylic acids is 1. The van der Waals surface area contributed by atoms with E-state index < -0.39 is 10.0 Å². The monoisotopic (exact) mass is 368 g/mol. The molecule has 0 aliphatic carbocycles. The van der Waals surface area contributed by atoms with Crippen LogP contribution in [0.2, 0.25) is 0 Å².